The van der Waals surface area contributed by atoms with Crippen LogP contribution in [0.25, 0.3) is 0 Å². The normalized spacial score (nSPS) is 12.1. The number of guanidine groups is 1. The fourth-order valence-electron chi connectivity index (χ4n) is 1.91. The molecule has 0 saturated heterocycles. The van der Waals surface area contributed by atoms with Crippen LogP contribution in [0.15, 0.2) is 29.3 Å². The third-order valence-corrected chi connectivity index (χ3v) is 3.04. The van der Waals surface area contributed by atoms with Crippen LogP contribution in [0.4, 0.5) is 13.2 Å². The van der Waals surface area contributed by atoms with Crippen molar-refractivity contribution in [2.45, 2.75) is 32.0 Å². The Morgan fingerprint density at radius 2 is 1.91 bits per heavy atom. The zero-order valence-electron chi connectivity index (χ0n) is 12.8. The summed E-state index contributed by atoms with van der Waals surface area (Å²) in [4.78, 5) is 4.04. The van der Waals surface area contributed by atoms with Crippen LogP contribution in [0.1, 0.15) is 24.8 Å². The Balaban J connectivity index is 2.31. The molecule has 1 aromatic rings. The maximum atomic E-state index is 12.0. The number of rotatable bonds is 7. The Bertz CT molecular complexity index is 475. The van der Waals surface area contributed by atoms with Gasteiger partial charge in [0.2, 0.25) is 0 Å². The third kappa shape index (κ3) is 7.19. The molecule has 0 amide bonds. The Hall–Kier alpha value is -1.92. The molecule has 4 nitrogen and oxygen atoms in total. The molecule has 0 radical (unpaired) electrons. The summed E-state index contributed by atoms with van der Waals surface area (Å²) in [6, 6.07) is 7.59. The van der Waals surface area contributed by atoms with Gasteiger partial charge in [0.25, 0.3) is 0 Å². The lowest BCUT2D eigenvalue weighted by atomic mass is 10.2. The lowest BCUT2D eigenvalue weighted by Crippen LogP contribution is -2.37. The van der Waals surface area contributed by atoms with E-state index >= 15 is 0 Å². The molecule has 0 bridgehead atoms. The van der Waals surface area contributed by atoms with Gasteiger partial charge in [0.1, 0.15) is 5.75 Å². The second-order valence-electron chi connectivity index (χ2n) is 4.74. The number of para-hydroxylation sites is 1. The molecule has 0 heterocycles. The van der Waals surface area contributed by atoms with Gasteiger partial charge in [-0.05, 0) is 18.9 Å². The smallest absolute Gasteiger partial charge is 0.389 e. The number of nitrogens with one attached hydrogen (secondary N) is 2. The number of unbranched alkanes of at least 4 members (excludes halogenated alkanes) is 1. The molecule has 0 aromatic heterocycles. The van der Waals surface area contributed by atoms with Gasteiger partial charge in [-0.2, -0.15) is 13.2 Å². The van der Waals surface area contributed by atoms with E-state index in [1.807, 2.05) is 24.3 Å². The van der Waals surface area contributed by atoms with Crippen molar-refractivity contribution >= 4 is 5.96 Å². The number of alkyl halides is 3. The molecule has 0 aliphatic rings. The molecule has 0 aliphatic carbocycles. The van der Waals surface area contributed by atoms with E-state index in [0.29, 0.717) is 25.5 Å². The fraction of sp³-hybridized carbons (Fsp3) is 0.533. The number of nitrogens with zero attached hydrogens (tertiary/aromatic N) is 1. The first kappa shape index (κ1) is 18.1. The molecule has 1 rings (SSSR count). The summed E-state index contributed by atoms with van der Waals surface area (Å²) in [5.41, 5.74) is 0.977. The molecule has 0 fully saturated rings. The molecule has 0 unspecified atom stereocenters. The van der Waals surface area contributed by atoms with E-state index < -0.39 is 12.6 Å². The van der Waals surface area contributed by atoms with Crippen molar-refractivity contribution < 1.29 is 17.9 Å². The van der Waals surface area contributed by atoms with E-state index in [1.165, 1.54) is 0 Å². The molecule has 0 atom stereocenters. The standard InChI is InChI=1S/C15H22F3N3O/c1-19-14(20-10-6-5-9-15(16,17)18)21-11-12-7-3-4-8-13(12)22-2/h3-4,7-8H,5-6,9-11H2,1-2H3,(H2,19,20,21). The summed E-state index contributed by atoms with van der Waals surface area (Å²) in [7, 11) is 3.22. The van der Waals surface area contributed by atoms with Crippen molar-refractivity contribution in [3.8, 4) is 5.75 Å². The van der Waals surface area contributed by atoms with Crippen LogP contribution in [-0.2, 0) is 6.54 Å². The van der Waals surface area contributed by atoms with Gasteiger partial charge in [-0.25, -0.2) is 0 Å². The Kier molecular flexibility index (Phi) is 7.56. The van der Waals surface area contributed by atoms with Crippen molar-refractivity contribution in [2.24, 2.45) is 4.99 Å². The summed E-state index contributed by atoms with van der Waals surface area (Å²) >= 11 is 0. The SMILES string of the molecule is CN=C(NCCCCC(F)(F)F)NCc1ccccc1OC. The molecule has 7 heteroatoms. The van der Waals surface area contributed by atoms with Crippen LogP contribution < -0.4 is 15.4 Å². The molecule has 1 aromatic carbocycles. The topological polar surface area (TPSA) is 45.7 Å². The number of hydrogen-bond acceptors (Lipinski definition) is 2. The number of halogens is 3. The number of aliphatic imine (C=N–C) groups is 1. The van der Waals surface area contributed by atoms with E-state index in [9.17, 15) is 13.2 Å². The number of ether oxygens (including phenoxy) is 1. The van der Waals surface area contributed by atoms with Gasteiger partial charge in [0.15, 0.2) is 5.96 Å². The van der Waals surface area contributed by atoms with Gasteiger partial charge in [-0.15, -0.1) is 0 Å². The van der Waals surface area contributed by atoms with Crippen LogP contribution in [0.2, 0.25) is 0 Å². The first-order chi connectivity index (χ1) is 10.5. The molecular weight excluding hydrogens is 295 g/mol. The summed E-state index contributed by atoms with van der Waals surface area (Å²) in [5.74, 6) is 1.33. The van der Waals surface area contributed by atoms with Crippen molar-refractivity contribution in [1.29, 1.82) is 0 Å². The minimum atomic E-state index is -4.08. The first-order valence-corrected chi connectivity index (χ1v) is 7.09. The van der Waals surface area contributed by atoms with Gasteiger partial charge >= 0.3 is 6.18 Å². The molecule has 22 heavy (non-hydrogen) atoms. The monoisotopic (exact) mass is 317 g/mol. The van der Waals surface area contributed by atoms with Gasteiger partial charge in [-0.1, -0.05) is 18.2 Å². The molecular formula is C15H22F3N3O. The van der Waals surface area contributed by atoms with E-state index in [-0.39, 0.29) is 6.42 Å². The molecule has 0 spiro atoms. The quantitative estimate of drug-likeness (QED) is 0.461. The highest BCUT2D eigenvalue weighted by atomic mass is 19.4. The number of benzene rings is 1. The highest BCUT2D eigenvalue weighted by Crippen LogP contribution is 2.21. The van der Waals surface area contributed by atoms with Crippen molar-refractivity contribution in [3.63, 3.8) is 0 Å². The summed E-state index contributed by atoms with van der Waals surface area (Å²) in [6.45, 7) is 0.966. The van der Waals surface area contributed by atoms with Gasteiger partial charge in [0, 0.05) is 32.1 Å². The zero-order valence-corrected chi connectivity index (χ0v) is 12.8. The highest BCUT2D eigenvalue weighted by Gasteiger charge is 2.25. The van der Waals surface area contributed by atoms with E-state index in [4.69, 9.17) is 4.74 Å². The van der Waals surface area contributed by atoms with E-state index in [1.54, 1.807) is 14.2 Å². The zero-order chi connectivity index (χ0) is 16.4. The molecule has 0 aliphatic heterocycles. The van der Waals surface area contributed by atoms with Crippen LogP contribution in [0.3, 0.4) is 0 Å². The molecule has 2 N–H and O–H groups in total. The average Bonchev–Trinajstić information content (AvgIpc) is 2.49. The minimum absolute atomic E-state index is 0.111. The highest BCUT2D eigenvalue weighted by molar-refractivity contribution is 5.79. The van der Waals surface area contributed by atoms with Crippen LogP contribution in [-0.4, -0.2) is 32.8 Å². The van der Waals surface area contributed by atoms with Crippen molar-refractivity contribution in [3.05, 3.63) is 29.8 Å². The Morgan fingerprint density at radius 3 is 2.55 bits per heavy atom. The summed E-state index contributed by atoms with van der Waals surface area (Å²) in [6.07, 6.45) is -4.28. The largest absolute Gasteiger partial charge is 0.496 e. The van der Waals surface area contributed by atoms with Crippen molar-refractivity contribution in [2.75, 3.05) is 20.7 Å². The maximum absolute atomic E-state index is 12.0. The number of methoxy groups -OCH3 is 1. The lowest BCUT2D eigenvalue weighted by molar-refractivity contribution is -0.135. The fourth-order valence-corrected chi connectivity index (χ4v) is 1.91. The van der Waals surface area contributed by atoms with E-state index in [2.05, 4.69) is 15.6 Å². The lowest BCUT2D eigenvalue weighted by Gasteiger charge is -2.13. The van der Waals surface area contributed by atoms with Gasteiger partial charge < -0.3 is 15.4 Å². The summed E-state index contributed by atoms with van der Waals surface area (Å²) < 4.78 is 41.3. The van der Waals surface area contributed by atoms with Gasteiger partial charge in [-0.3, -0.25) is 4.99 Å². The second-order valence-corrected chi connectivity index (χ2v) is 4.74. The average molecular weight is 317 g/mol. The molecule has 124 valence electrons. The third-order valence-electron chi connectivity index (χ3n) is 3.04. The maximum Gasteiger partial charge on any atom is 0.389 e. The van der Waals surface area contributed by atoms with Crippen LogP contribution in [0.5, 0.6) is 5.75 Å². The second kappa shape index (κ2) is 9.17. The van der Waals surface area contributed by atoms with Crippen molar-refractivity contribution in [1.82, 2.24) is 10.6 Å². The van der Waals surface area contributed by atoms with Crippen LogP contribution in [0, 0.1) is 0 Å². The summed E-state index contributed by atoms with van der Waals surface area (Å²) in [5, 5.41) is 6.10. The number of hydrogen-bond donors (Lipinski definition) is 2. The van der Waals surface area contributed by atoms with E-state index in [0.717, 1.165) is 11.3 Å². The first-order valence-electron chi connectivity index (χ1n) is 7.09. The van der Waals surface area contributed by atoms with Crippen LogP contribution >= 0.6 is 0 Å². The van der Waals surface area contributed by atoms with Gasteiger partial charge in [0.05, 0.1) is 7.11 Å². The minimum Gasteiger partial charge on any atom is -0.496 e. The predicted molar refractivity (Wildman–Crippen MR) is 81.1 cm³/mol. The molecule has 0 saturated carbocycles. The Morgan fingerprint density at radius 1 is 1.18 bits per heavy atom. The Labute approximate surface area is 128 Å². The predicted octanol–water partition coefficient (Wildman–Crippen LogP) is 3.09.